The second kappa shape index (κ2) is 7.20. The summed E-state index contributed by atoms with van der Waals surface area (Å²) in [4.78, 5) is 29.8. The first kappa shape index (κ1) is 17.2. The number of hydrogen-bond acceptors (Lipinski definition) is 7. The van der Waals surface area contributed by atoms with E-state index in [1.807, 2.05) is 18.3 Å². The minimum absolute atomic E-state index is 0.116. The highest BCUT2D eigenvalue weighted by atomic mass is 35.5. The molecule has 1 aliphatic carbocycles. The lowest BCUT2D eigenvalue weighted by Gasteiger charge is -2.12. The van der Waals surface area contributed by atoms with Crippen LogP contribution in [0, 0.1) is 0 Å². The van der Waals surface area contributed by atoms with Gasteiger partial charge in [0.25, 0.3) is 5.56 Å². The Morgan fingerprint density at radius 3 is 2.81 bits per heavy atom. The fourth-order valence-corrected chi connectivity index (χ4v) is 3.42. The van der Waals surface area contributed by atoms with E-state index in [-0.39, 0.29) is 16.9 Å². The van der Waals surface area contributed by atoms with Gasteiger partial charge in [-0.05, 0) is 41.8 Å². The van der Waals surface area contributed by atoms with Crippen LogP contribution in [0.1, 0.15) is 31.4 Å². The van der Waals surface area contributed by atoms with Crippen molar-refractivity contribution in [2.24, 2.45) is 0 Å². The van der Waals surface area contributed by atoms with Gasteiger partial charge in [-0.1, -0.05) is 13.0 Å². The Labute approximate surface area is 159 Å². The fraction of sp³-hybridized carbons (Fsp3) is 0.353. The topological polar surface area (TPSA) is 85.6 Å². The van der Waals surface area contributed by atoms with Crippen LogP contribution in [0.25, 0.3) is 11.2 Å². The number of aromatic nitrogens is 5. The van der Waals surface area contributed by atoms with E-state index in [1.165, 1.54) is 0 Å². The van der Waals surface area contributed by atoms with Crippen molar-refractivity contribution in [3.8, 4) is 0 Å². The molecular formula is C17H17ClN6OS. The Hall–Kier alpha value is -2.19. The monoisotopic (exact) mass is 388 g/mol. The van der Waals surface area contributed by atoms with Gasteiger partial charge in [0.1, 0.15) is 5.52 Å². The van der Waals surface area contributed by atoms with Gasteiger partial charge in [0.05, 0.1) is 11.2 Å². The third-order valence-corrected chi connectivity index (χ3v) is 5.07. The second-order valence-electron chi connectivity index (χ2n) is 6.01. The number of hydrogen-bond donors (Lipinski definition) is 1. The standard InChI is InChI=1S/C17H17ClN6OS/c1-2-26-13-6-3-10(7-19-13)8-20-14-16(25)24(11-4-5-11)15-12(22-14)9-21-17(18)23-15/h3,6-7,9,11H,2,4-5,8H2,1H3,(H,20,22). The summed E-state index contributed by atoms with van der Waals surface area (Å²) in [6.07, 6.45) is 5.28. The van der Waals surface area contributed by atoms with E-state index in [4.69, 9.17) is 11.6 Å². The highest BCUT2D eigenvalue weighted by molar-refractivity contribution is 7.99. The maximum Gasteiger partial charge on any atom is 0.295 e. The van der Waals surface area contributed by atoms with Crippen LogP contribution in [-0.2, 0) is 6.54 Å². The molecule has 0 unspecified atom stereocenters. The van der Waals surface area contributed by atoms with E-state index in [0.717, 1.165) is 29.2 Å². The van der Waals surface area contributed by atoms with Crippen molar-refractivity contribution in [3.05, 3.63) is 45.7 Å². The van der Waals surface area contributed by atoms with Crippen molar-refractivity contribution in [2.75, 3.05) is 11.1 Å². The SMILES string of the molecule is CCSc1ccc(CNc2nc3cnc(Cl)nc3n(C3CC3)c2=O)cn1. The molecule has 1 fully saturated rings. The Kier molecular flexibility index (Phi) is 4.78. The van der Waals surface area contributed by atoms with Gasteiger partial charge in [-0.3, -0.25) is 9.36 Å². The van der Waals surface area contributed by atoms with Crippen LogP contribution in [-0.4, -0.2) is 30.3 Å². The lowest BCUT2D eigenvalue weighted by molar-refractivity contribution is 0.723. The Bertz CT molecular complexity index is 1000. The largest absolute Gasteiger partial charge is 0.361 e. The summed E-state index contributed by atoms with van der Waals surface area (Å²) < 4.78 is 1.68. The van der Waals surface area contributed by atoms with Gasteiger partial charge in [-0.15, -0.1) is 11.8 Å². The number of fused-ring (bicyclic) bond motifs is 1. The van der Waals surface area contributed by atoms with Gasteiger partial charge in [0.15, 0.2) is 11.5 Å². The van der Waals surface area contributed by atoms with Gasteiger partial charge >= 0.3 is 0 Å². The van der Waals surface area contributed by atoms with Crippen molar-refractivity contribution in [1.82, 2.24) is 24.5 Å². The maximum atomic E-state index is 12.9. The Balaban J connectivity index is 1.63. The third kappa shape index (κ3) is 3.52. The van der Waals surface area contributed by atoms with Gasteiger partial charge in [-0.2, -0.15) is 4.98 Å². The molecule has 0 aliphatic heterocycles. The summed E-state index contributed by atoms with van der Waals surface area (Å²) in [5.41, 5.74) is 1.85. The van der Waals surface area contributed by atoms with Crippen LogP contribution < -0.4 is 10.9 Å². The molecule has 0 amide bonds. The number of pyridine rings is 1. The summed E-state index contributed by atoms with van der Waals surface area (Å²) in [5, 5.41) is 4.24. The molecule has 1 saturated carbocycles. The second-order valence-corrected chi connectivity index (χ2v) is 7.63. The Morgan fingerprint density at radius 1 is 1.27 bits per heavy atom. The van der Waals surface area contributed by atoms with Gasteiger partial charge in [0, 0.05) is 18.8 Å². The summed E-state index contributed by atoms with van der Waals surface area (Å²) >= 11 is 7.59. The molecule has 1 aliphatic rings. The zero-order valence-electron chi connectivity index (χ0n) is 14.1. The summed E-state index contributed by atoms with van der Waals surface area (Å²) in [6, 6.07) is 4.14. The fourth-order valence-electron chi connectivity index (χ4n) is 2.70. The third-order valence-electron chi connectivity index (χ3n) is 4.06. The molecule has 26 heavy (non-hydrogen) atoms. The van der Waals surface area contributed by atoms with E-state index in [0.29, 0.717) is 23.5 Å². The highest BCUT2D eigenvalue weighted by Gasteiger charge is 2.28. The van der Waals surface area contributed by atoms with Crippen LogP contribution in [0.2, 0.25) is 5.28 Å². The molecule has 1 N–H and O–H groups in total. The number of halogens is 1. The molecule has 0 saturated heterocycles. The van der Waals surface area contributed by atoms with E-state index in [1.54, 1.807) is 22.5 Å². The van der Waals surface area contributed by atoms with Crippen LogP contribution >= 0.6 is 23.4 Å². The molecule has 7 nitrogen and oxygen atoms in total. The lowest BCUT2D eigenvalue weighted by atomic mass is 10.3. The van der Waals surface area contributed by atoms with Crippen molar-refractivity contribution in [3.63, 3.8) is 0 Å². The smallest absolute Gasteiger partial charge is 0.295 e. The van der Waals surface area contributed by atoms with Crippen LogP contribution in [0.15, 0.2) is 34.3 Å². The molecule has 4 rings (SSSR count). The van der Waals surface area contributed by atoms with Gasteiger partial charge in [-0.25, -0.2) is 15.0 Å². The maximum absolute atomic E-state index is 12.9. The van der Waals surface area contributed by atoms with Crippen molar-refractivity contribution < 1.29 is 0 Å². The van der Waals surface area contributed by atoms with E-state index >= 15 is 0 Å². The van der Waals surface area contributed by atoms with Crippen molar-refractivity contribution >= 4 is 40.3 Å². The average Bonchev–Trinajstić information content (AvgIpc) is 3.46. The van der Waals surface area contributed by atoms with E-state index in [2.05, 4.69) is 32.2 Å². The van der Waals surface area contributed by atoms with Crippen LogP contribution in [0.4, 0.5) is 5.82 Å². The molecule has 0 spiro atoms. The van der Waals surface area contributed by atoms with E-state index < -0.39 is 0 Å². The number of anilines is 1. The summed E-state index contributed by atoms with van der Waals surface area (Å²) in [7, 11) is 0. The van der Waals surface area contributed by atoms with Gasteiger partial charge in [0.2, 0.25) is 5.28 Å². The molecule has 0 radical (unpaired) electrons. The molecule has 3 aromatic heterocycles. The minimum atomic E-state index is -0.180. The molecule has 3 heterocycles. The van der Waals surface area contributed by atoms with Crippen molar-refractivity contribution in [1.29, 1.82) is 0 Å². The highest BCUT2D eigenvalue weighted by Crippen LogP contribution is 2.35. The van der Waals surface area contributed by atoms with Crippen molar-refractivity contribution in [2.45, 2.75) is 37.4 Å². The van der Waals surface area contributed by atoms with Gasteiger partial charge < -0.3 is 5.32 Å². The molecule has 9 heteroatoms. The first-order valence-corrected chi connectivity index (χ1v) is 9.78. The Morgan fingerprint density at radius 2 is 2.12 bits per heavy atom. The molecule has 0 atom stereocenters. The first-order chi connectivity index (χ1) is 12.7. The molecule has 3 aromatic rings. The van der Waals surface area contributed by atoms with E-state index in [9.17, 15) is 4.79 Å². The molecule has 0 bridgehead atoms. The zero-order valence-corrected chi connectivity index (χ0v) is 15.7. The predicted octanol–water partition coefficient (Wildman–Crippen LogP) is 3.29. The minimum Gasteiger partial charge on any atom is -0.361 e. The number of thioether (sulfide) groups is 1. The first-order valence-electron chi connectivity index (χ1n) is 8.42. The average molecular weight is 389 g/mol. The lowest BCUT2D eigenvalue weighted by Crippen LogP contribution is -2.25. The zero-order chi connectivity index (χ0) is 18.1. The number of nitrogens with one attached hydrogen (secondary N) is 1. The normalized spacial score (nSPS) is 13.9. The molecule has 134 valence electrons. The molecule has 0 aromatic carbocycles. The molecular weight excluding hydrogens is 372 g/mol. The quantitative estimate of drug-likeness (QED) is 0.512. The number of nitrogens with zero attached hydrogens (tertiary/aromatic N) is 5. The summed E-state index contributed by atoms with van der Waals surface area (Å²) in [6.45, 7) is 2.56. The number of rotatable bonds is 6. The van der Waals surface area contributed by atoms with Crippen LogP contribution in [0.3, 0.4) is 0 Å². The predicted molar refractivity (Wildman–Crippen MR) is 103 cm³/mol. The van der Waals surface area contributed by atoms with Crippen LogP contribution in [0.5, 0.6) is 0 Å². The summed E-state index contributed by atoms with van der Waals surface area (Å²) in [5.74, 6) is 1.28.